The SMILES string of the molecule is CCCCOC(=O)N1[CH]CC=C(C)C1. The summed E-state index contributed by atoms with van der Waals surface area (Å²) in [7, 11) is 0. The van der Waals surface area contributed by atoms with E-state index in [-0.39, 0.29) is 6.09 Å². The second-order valence-electron chi connectivity index (χ2n) is 3.56. The molecule has 79 valence electrons. The van der Waals surface area contributed by atoms with Crippen LogP contribution >= 0.6 is 0 Å². The quantitative estimate of drug-likeness (QED) is 0.513. The number of hydrogen-bond donors (Lipinski definition) is 0. The molecule has 0 bridgehead atoms. The number of rotatable bonds is 3. The number of nitrogens with zero attached hydrogens (tertiary/aromatic N) is 1. The van der Waals surface area contributed by atoms with Gasteiger partial charge < -0.3 is 4.74 Å². The molecule has 3 heteroatoms. The van der Waals surface area contributed by atoms with Gasteiger partial charge in [-0.3, -0.25) is 4.90 Å². The predicted molar refractivity (Wildman–Crippen MR) is 55.6 cm³/mol. The minimum absolute atomic E-state index is 0.217. The first-order valence-corrected chi connectivity index (χ1v) is 5.16. The zero-order valence-corrected chi connectivity index (χ0v) is 8.95. The van der Waals surface area contributed by atoms with Crippen LogP contribution in [0.15, 0.2) is 11.6 Å². The summed E-state index contributed by atoms with van der Waals surface area (Å²) in [5, 5.41) is 0. The monoisotopic (exact) mass is 196 g/mol. The second kappa shape index (κ2) is 5.68. The molecular weight excluding hydrogens is 178 g/mol. The highest BCUT2D eigenvalue weighted by Gasteiger charge is 2.17. The summed E-state index contributed by atoms with van der Waals surface area (Å²) in [6, 6.07) is 0. The lowest BCUT2D eigenvalue weighted by molar-refractivity contribution is 0.111. The Morgan fingerprint density at radius 2 is 2.43 bits per heavy atom. The van der Waals surface area contributed by atoms with Crippen molar-refractivity contribution >= 4 is 6.09 Å². The van der Waals surface area contributed by atoms with Gasteiger partial charge in [-0.25, -0.2) is 4.79 Å². The van der Waals surface area contributed by atoms with Crippen LogP contribution in [0, 0.1) is 6.54 Å². The lowest BCUT2D eigenvalue weighted by Gasteiger charge is -2.24. The van der Waals surface area contributed by atoms with E-state index in [1.165, 1.54) is 5.57 Å². The third-order valence-corrected chi connectivity index (χ3v) is 2.17. The zero-order chi connectivity index (χ0) is 10.4. The Bertz CT molecular complexity index is 223. The van der Waals surface area contributed by atoms with E-state index in [2.05, 4.69) is 13.0 Å². The highest BCUT2D eigenvalue weighted by atomic mass is 16.6. The number of ether oxygens (including phenoxy) is 1. The number of hydrogen-bond acceptors (Lipinski definition) is 2. The van der Waals surface area contributed by atoms with E-state index < -0.39 is 0 Å². The second-order valence-corrected chi connectivity index (χ2v) is 3.56. The molecule has 0 aliphatic carbocycles. The van der Waals surface area contributed by atoms with E-state index >= 15 is 0 Å². The van der Waals surface area contributed by atoms with Crippen LogP contribution in [0.2, 0.25) is 0 Å². The Kier molecular flexibility index (Phi) is 4.50. The van der Waals surface area contributed by atoms with Gasteiger partial charge in [0.1, 0.15) is 0 Å². The maximum Gasteiger partial charge on any atom is 0.410 e. The summed E-state index contributed by atoms with van der Waals surface area (Å²) in [5.74, 6) is 0. The average molecular weight is 196 g/mol. The summed E-state index contributed by atoms with van der Waals surface area (Å²) in [6.45, 7) is 7.18. The molecule has 0 aromatic rings. The summed E-state index contributed by atoms with van der Waals surface area (Å²) < 4.78 is 5.10. The normalized spacial score (nSPS) is 16.4. The minimum atomic E-state index is -0.217. The largest absolute Gasteiger partial charge is 0.449 e. The van der Waals surface area contributed by atoms with E-state index in [9.17, 15) is 4.79 Å². The van der Waals surface area contributed by atoms with Crippen molar-refractivity contribution in [3.63, 3.8) is 0 Å². The van der Waals surface area contributed by atoms with Gasteiger partial charge in [-0.05, 0) is 19.8 Å². The highest BCUT2D eigenvalue weighted by molar-refractivity contribution is 5.69. The Morgan fingerprint density at radius 1 is 1.64 bits per heavy atom. The van der Waals surface area contributed by atoms with Crippen LogP contribution in [0.4, 0.5) is 4.79 Å². The van der Waals surface area contributed by atoms with Gasteiger partial charge in [-0.15, -0.1) is 0 Å². The molecule has 0 atom stereocenters. The van der Waals surface area contributed by atoms with Gasteiger partial charge in [-0.1, -0.05) is 25.0 Å². The van der Waals surface area contributed by atoms with Crippen LogP contribution in [-0.2, 0) is 4.74 Å². The summed E-state index contributed by atoms with van der Waals surface area (Å²) in [6.07, 6.45) is 4.72. The molecule has 1 aliphatic rings. The van der Waals surface area contributed by atoms with Crippen molar-refractivity contribution in [2.24, 2.45) is 0 Å². The third-order valence-electron chi connectivity index (χ3n) is 2.17. The van der Waals surface area contributed by atoms with Crippen molar-refractivity contribution in [2.75, 3.05) is 13.2 Å². The number of unbranched alkanes of at least 4 members (excludes halogenated alkanes) is 1. The molecule has 1 radical (unpaired) electrons. The zero-order valence-electron chi connectivity index (χ0n) is 8.95. The van der Waals surface area contributed by atoms with Gasteiger partial charge in [0.15, 0.2) is 0 Å². The van der Waals surface area contributed by atoms with E-state index in [4.69, 9.17) is 4.74 Å². The van der Waals surface area contributed by atoms with Gasteiger partial charge in [0.05, 0.1) is 13.2 Å². The number of carbonyl (C=O) groups excluding carboxylic acids is 1. The Labute approximate surface area is 85.7 Å². The molecule has 0 aromatic carbocycles. The molecule has 1 heterocycles. The summed E-state index contributed by atoms with van der Waals surface area (Å²) in [4.78, 5) is 13.1. The molecule has 1 aliphatic heterocycles. The van der Waals surface area contributed by atoms with Crippen molar-refractivity contribution < 1.29 is 9.53 Å². The maximum absolute atomic E-state index is 11.5. The van der Waals surface area contributed by atoms with Gasteiger partial charge in [0.2, 0.25) is 0 Å². The first-order chi connectivity index (χ1) is 6.74. The van der Waals surface area contributed by atoms with Crippen molar-refractivity contribution in [2.45, 2.75) is 33.1 Å². The molecule has 1 amide bonds. The first kappa shape index (κ1) is 11.1. The van der Waals surface area contributed by atoms with Crippen molar-refractivity contribution in [3.8, 4) is 0 Å². The third kappa shape index (κ3) is 3.40. The fourth-order valence-corrected chi connectivity index (χ4v) is 1.30. The van der Waals surface area contributed by atoms with E-state index in [0.717, 1.165) is 19.3 Å². The molecular formula is C11H18NO2. The van der Waals surface area contributed by atoms with E-state index in [1.807, 2.05) is 13.5 Å². The van der Waals surface area contributed by atoms with Crippen LogP contribution in [0.1, 0.15) is 33.1 Å². The van der Waals surface area contributed by atoms with Crippen LogP contribution in [-0.4, -0.2) is 24.1 Å². The molecule has 0 aromatic heterocycles. The maximum atomic E-state index is 11.5. The molecule has 14 heavy (non-hydrogen) atoms. The fraction of sp³-hybridized carbons (Fsp3) is 0.636. The van der Waals surface area contributed by atoms with Gasteiger partial charge in [0.25, 0.3) is 0 Å². The standard InChI is InChI=1S/C11H18NO2/c1-3-4-8-14-11(13)12-7-5-6-10(2)9-12/h6-7H,3-5,8-9H2,1-2H3. The van der Waals surface area contributed by atoms with Crippen LogP contribution in [0.25, 0.3) is 0 Å². The molecule has 0 unspecified atom stereocenters. The van der Waals surface area contributed by atoms with Crippen LogP contribution in [0.5, 0.6) is 0 Å². The van der Waals surface area contributed by atoms with Gasteiger partial charge in [0, 0.05) is 6.54 Å². The van der Waals surface area contributed by atoms with E-state index in [0.29, 0.717) is 13.2 Å². The van der Waals surface area contributed by atoms with Gasteiger partial charge in [-0.2, -0.15) is 0 Å². The lowest BCUT2D eigenvalue weighted by atomic mass is 10.1. The highest BCUT2D eigenvalue weighted by Crippen LogP contribution is 2.13. The van der Waals surface area contributed by atoms with Crippen molar-refractivity contribution in [1.29, 1.82) is 0 Å². The van der Waals surface area contributed by atoms with Crippen LogP contribution < -0.4 is 0 Å². The number of amides is 1. The number of carbonyl (C=O) groups is 1. The smallest absolute Gasteiger partial charge is 0.410 e. The Hall–Kier alpha value is -0.990. The fourth-order valence-electron chi connectivity index (χ4n) is 1.30. The molecule has 3 nitrogen and oxygen atoms in total. The molecule has 0 fully saturated rings. The van der Waals surface area contributed by atoms with Crippen molar-refractivity contribution in [1.82, 2.24) is 4.90 Å². The summed E-state index contributed by atoms with van der Waals surface area (Å²) in [5.41, 5.74) is 1.22. The molecule has 0 saturated carbocycles. The molecule has 0 saturated heterocycles. The Balaban J connectivity index is 2.27. The van der Waals surface area contributed by atoms with E-state index in [1.54, 1.807) is 4.90 Å². The van der Waals surface area contributed by atoms with Crippen molar-refractivity contribution in [3.05, 3.63) is 18.2 Å². The minimum Gasteiger partial charge on any atom is -0.449 e. The van der Waals surface area contributed by atoms with Crippen LogP contribution in [0.3, 0.4) is 0 Å². The predicted octanol–water partition coefficient (Wildman–Crippen LogP) is 2.74. The van der Waals surface area contributed by atoms with Gasteiger partial charge >= 0.3 is 6.09 Å². The molecule has 1 rings (SSSR count). The topological polar surface area (TPSA) is 29.5 Å². The molecule has 0 spiro atoms. The first-order valence-electron chi connectivity index (χ1n) is 5.16. The molecule has 0 N–H and O–H groups in total. The Morgan fingerprint density at radius 3 is 3.07 bits per heavy atom. The summed E-state index contributed by atoms with van der Waals surface area (Å²) >= 11 is 0. The average Bonchev–Trinajstić information content (AvgIpc) is 2.18. The lowest BCUT2D eigenvalue weighted by Crippen LogP contribution is -2.32.